The van der Waals surface area contributed by atoms with Crippen LogP contribution in [-0.2, 0) is 66.7 Å². The highest BCUT2D eigenvalue weighted by molar-refractivity contribution is 6.03. The maximum atomic E-state index is 12.6. The van der Waals surface area contributed by atoms with Crippen LogP contribution in [0.15, 0.2) is 0 Å². The van der Waals surface area contributed by atoms with Gasteiger partial charge in [-0.3, -0.25) is 33.7 Å². The zero-order chi connectivity index (χ0) is 41.6. The molecule has 0 aliphatic carbocycles. The minimum Gasteiger partial charge on any atom is -0.379 e. The van der Waals surface area contributed by atoms with Gasteiger partial charge in [0.2, 0.25) is 29.5 Å². The molecule has 3 N–H and O–H groups in total. The van der Waals surface area contributed by atoms with E-state index in [2.05, 4.69) is 16.0 Å². The average molecular weight is 805 g/mol. The van der Waals surface area contributed by atoms with Crippen molar-refractivity contribution in [3.63, 3.8) is 0 Å². The maximum Gasteiger partial charge on any atom is 0.243 e. The number of carbonyl (C=O) groups excluding carboxylic acids is 6. The highest BCUT2D eigenvalue weighted by atomic mass is 16.6. The van der Waals surface area contributed by atoms with Gasteiger partial charge in [-0.15, -0.1) is 0 Å². The molecular weight excluding hydrogens is 736 g/mol. The van der Waals surface area contributed by atoms with E-state index < -0.39 is 12.1 Å². The van der Waals surface area contributed by atoms with Crippen LogP contribution < -0.4 is 16.0 Å². The fourth-order valence-electron chi connectivity index (χ4n) is 5.11. The number of carbonyl (C=O) groups is 6. The van der Waals surface area contributed by atoms with Crippen LogP contribution in [0.1, 0.15) is 60.8 Å². The van der Waals surface area contributed by atoms with Crippen LogP contribution in [0.25, 0.3) is 0 Å². The summed E-state index contributed by atoms with van der Waals surface area (Å²) < 4.78 is 43.7. The Hall–Kier alpha value is -3.10. The van der Waals surface area contributed by atoms with Crippen molar-refractivity contribution in [3.8, 4) is 0 Å². The van der Waals surface area contributed by atoms with E-state index in [4.69, 9.17) is 37.9 Å². The summed E-state index contributed by atoms with van der Waals surface area (Å²) in [5.74, 6) is -2.10. The van der Waals surface area contributed by atoms with Gasteiger partial charge >= 0.3 is 0 Å². The SMILES string of the molecule is CC(C)C(=O)[C@H](C)NC(=O)[C@@H](NC(=O)CCOCCOCCOCCOCCOCCOCCOCCOCCNC(=O)CCN1C(=O)CC(C)C1=O)C(C)C. The van der Waals surface area contributed by atoms with Crippen molar-refractivity contribution in [3.05, 3.63) is 0 Å². The maximum absolute atomic E-state index is 12.6. The van der Waals surface area contributed by atoms with Crippen molar-refractivity contribution in [2.45, 2.75) is 72.9 Å². The first kappa shape index (κ1) is 50.9. The second kappa shape index (κ2) is 31.9. The lowest BCUT2D eigenvalue weighted by molar-refractivity contribution is -0.139. The van der Waals surface area contributed by atoms with E-state index in [0.717, 1.165) is 4.90 Å². The molecule has 5 amide bonds. The molecule has 0 saturated carbocycles. The molecule has 1 fully saturated rings. The van der Waals surface area contributed by atoms with Gasteiger partial charge in [0.25, 0.3) is 0 Å². The molecule has 3 atom stereocenters. The fourth-order valence-corrected chi connectivity index (χ4v) is 5.11. The smallest absolute Gasteiger partial charge is 0.243 e. The molecule has 56 heavy (non-hydrogen) atoms. The molecule has 0 aromatic carbocycles. The Kier molecular flexibility index (Phi) is 29.0. The summed E-state index contributed by atoms with van der Waals surface area (Å²) in [6.07, 6.45) is 0.377. The number of imide groups is 1. The summed E-state index contributed by atoms with van der Waals surface area (Å²) in [6.45, 7) is 17.2. The summed E-state index contributed by atoms with van der Waals surface area (Å²) in [4.78, 5) is 73.8. The number of Topliss-reactive ketones (excluding diaryl/α,β-unsaturated/α-hetero) is 1. The largest absolute Gasteiger partial charge is 0.379 e. The van der Waals surface area contributed by atoms with Gasteiger partial charge in [-0.25, -0.2) is 0 Å². The van der Waals surface area contributed by atoms with Crippen LogP contribution in [0.5, 0.6) is 0 Å². The van der Waals surface area contributed by atoms with E-state index in [9.17, 15) is 28.8 Å². The van der Waals surface area contributed by atoms with Crippen LogP contribution in [0.3, 0.4) is 0 Å². The monoisotopic (exact) mass is 804 g/mol. The van der Waals surface area contributed by atoms with E-state index in [1.54, 1.807) is 27.7 Å². The number of hydrogen-bond acceptors (Lipinski definition) is 14. The van der Waals surface area contributed by atoms with Gasteiger partial charge in [-0.05, 0) is 12.8 Å². The van der Waals surface area contributed by atoms with Crippen molar-refractivity contribution in [1.29, 1.82) is 0 Å². The molecule has 0 bridgehead atoms. The quantitative estimate of drug-likeness (QED) is 0.0574. The molecule has 1 aliphatic rings. The molecule has 1 unspecified atom stereocenters. The first-order chi connectivity index (χ1) is 26.8. The second-order valence-corrected chi connectivity index (χ2v) is 13.8. The van der Waals surface area contributed by atoms with E-state index in [0.29, 0.717) is 106 Å². The predicted molar refractivity (Wildman–Crippen MR) is 204 cm³/mol. The Morgan fingerprint density at radius 1 is 0.607 bits per heavy atom. The number of nitrogens with one attached hydrogen (secondary N) is 3. The molecule has 0 spiro atoms. The van der Waals surface area contributed by atoms with E-state index in [1.165, 1.54) is 0 Å². The molecule has 324 valence electrons. The summed E-state index contributed by atoms with van der Waals surface area (Å²) in [5.41, 5.74) is 0. The van der Waals surface area contributed by atoms with Gasteiger partial charge in [0.05, 0.1) is 112 Å². The standard InChI is InChI=1S/C38H68N4O14/c1-28(2)35(37(47)40-31(6)36(46)29(3)4)41-33(44)8-11-49-13-15-51-17-19-53-21-23-55-25-26-56-24-22-54-20-18-52-16-14-50-12-9-39-32(43)7-10-42-34(45)27-30(5)38(42)48/h28-31,35H,7-27H2,1-6H3,(H,39,43)(H,40,47)(H,41,44)/t30?,31-,35-/m0/s1. The van der Waals surface area contributed by atoms with Gasteiger partial charge in [0.1, 0.15) is 6.04 Å². The van der Waals surface area contributed by atoms with Crippen LogP contribution >= 0.6 is 0 Å². The zero-order valence-corrected chi connectivity index (χ0v) is 34.4. The topological polar surface area (TPSA) is 216 Å². The third-order valence-corrected chi connectivity index (χ3v) is 8.30. The van der Waals surface area contributed by atoms with Crippen molar-refractivity contribution in [1.82, 2.24) is 20.9 Å². The first-order valence-electron chi connectivity index (χ1n) is 19.7. The second-order valence-electron chi connectivity index (χ2n) is 13.8. The highest BCUT2D eigenvalue weighted by Gasteiger charge is 2.35. The van der Waals surface area contributed by atoms with Crippen LogP contribution in [0.2, 0.25) is 0 Å². The molecule has 0 radical (unpaired) electrons. The third kappa shape index (κ3) is 24.5. The first-order valence-corrected chi connectivity index (χ1v) is 19.7. The lowest BCUT2D eigenvalue weighted by Crippen LogP contribution is -2.53. The summed E-state index contributed by atoms with van der Waals surface area (Å²) in [5, 5.41) is 8.13. The Morgan fingerprint density at radius 2 is 1.04 bits per heavy atom. The van der Waals surface area contributed by atoms with Crippen molar-refractivity contribution >= 4 is 35.3 Å². The number of ether oxygens (including phenoxy) is 8. The van der Waals surface area contributed by atoms with Gasteiger partial charge in [-0.2, -0.15) is 0 Å². The van der Waals surface area contributed by atoms with Crippen LogP contribution in [0, 0.1) is 17.8 Å². The molecule has 0 aromatic heterocycles. The predicted octanol–water partition coefficient (Wildman–Crippen LogP) is 0.281. The van der Waals surface area contributed by atoms with Crippen molar-refractivity contribution in [2.75, 3.05) is 119 Å². The van der Waals surface area contributed by atoms with Gasteiger partial charge < -0.3 is 53.8 Å². The van der Waals surface area contributed by atoms with Gasteiger partial charge in [0, 0.05) is 44.2 Å². The molecule has 1 heterocycles. The number of nitrogens with zero attached hydrogens (tertiary/aromatic N) is 1. The summed E-state index contributed by atoms with van der Waals surface area (Å²) in [7, 11) is 0. The van der Waals surface area contributed by atoms with Gasteiger partial charge in [0.15, 0.2) is 5.78 Å². The highest BCUT2D eigenvalue weighted by Crippen LogP contribution is 2.18. The molecule has 18 nitrogen and oxygen atoms in total. The molecular formula is C38H68N4O14. The molecule has 1 aliphatic heterocycles. The van der Waals surface area contributed by atoms with Gasteiger partial charge in [-0.1, -0.05) is 34.6 Å². The number of amides is 5. The lowest BCUT2D eigenvalue weighted by Gasteiger charge is -2.24. The Balaban J connectivity index is 1.81. The number of rotatable bonds is 36. The van der Waals surface area contributed by atoms with E-state index in [-0.39, 0.29) is 85.5 Å². The molecule has 0 aromatic rings. The van der Waals surface area contributed by atoms with Crippen molar-refractivity contribution in [2.24, 2.45) is 17.8 Å². The van der Waals surface area contributed by atoms with Crippen molar-refractivity contribution < 1.29 is 66.7 Å². The van der Waals surface area contributed by atoms with Crippen LogP contribution in [-0.4, -0.2) is 171 Å². The third-order valence-electron chi connectivity index (χ3n) is 8.30. The number of hydrogen-bond donors (Lipinski definition) is 3. The fraction of sp³-hybridized carbons (Fsp3) is 0.842. The Morgan fingerprint density at radius 3 is 1.43 bits per heavy atom. The average Bonchev–Trinajstić information content (AvgIpc) is 3.40. The Bertz CT molecular complexity index is 1140. The molecule has 1 rings (SSSR count). The lowest BCUT2D eigenvalue weighted by atomic mass is 10.00. The van der Waals surface area contributed by atoms with Crippen LogP contribution in [0.4, 0.5) is 0 Å². The molecule has 1 saturated heterocycles. The van der Waals surface area contributed by atoms with E-state index >= 15 is 0 Å². The minimum atomic E-state index is -0.744. The zero-order valence-electron chi connectivity index (χ0n) is 34.4. The summed E-state index contributed by atoms with van der Waals surface area (Å²) in [6, 6.07) is -1.37. The number of likely N-dealkylation sites (tertiary alicyclic amines) is 1. The summed E-state index contributed by atoms with van der Waals surface area (Å²) >= 11 is 0. The normalized spacial score (nSPS) is 15.4. The molecule has 18 heteroatoms. The minimum absolute atomic E-state index is 0.0658. The number of ketones is 1. The van der Waals surface area contributed by atoms with E-state index in [1.807, 2.05) is 13.8 Å². The Labute approximate surface area is 332 Å².